The molecule has 1 atom stereocenters. The molecule has 2 aromatic rings. The smallest absolute Gasteiger partial charge is 0.270 e. The molecule has 1 aliphatic heterocycles. The van der Waals surface area contributed by atoms with Gasteiger partial charge in [-0.15, -0.1) is 0 Å². The van der Waals surface area contributed by atoms with Crippen LogP contribution >= 0.6 is 11.6 Å². The van der Waals surface area contributed by atoms with Gasteiger partial charge in [0.05, 0.1) is 16.5 Å². The van der Waals surface area contributed by atoms with E-state index in [-0.39, 0.29) is 22.2 Å². The van der Waals surface area contributed by atoms with Gasteiger partial charge in [0.25, 0.3) is 5.91 Å². The summed E-state index contributed by atoms with van der Waals surface area (Å²) in [6.07, 6.45) is 1.86. The quantitative estimate of drug-likeness (QED) is 0.847. The standard InChI is InChI=1S/C16H15ClFN3O3S/c17-13-7-10(1-2-14(13)18)20-11-3-5-19-15(8-11)16(22)21-12-4-6-25(23,24)9-12/h1-3,5,7-8,12H,4,6,9H2,(H,19,20)(H,21,22). The maximum atomic E-state index is 13.2. The highest BCUT2D eigenvalue weighted by Gasteiger charge is 2.29. The highest BCUT2D eigenvalue weighted by Crippen LogP contribution is 2.23. The fourth-order valence-corrected chi connectivity index (χ4v) is 4.40. The van der Waals surface area contributed by atoms with E-state index in [4.69, 9.17) is 11.6 Å². The summed E-state index contributed by atoms with van der Waals surface area (Å²) < 4.78 is 36.1. The molecule has 1 amide bonds. The molecule has 0 bridgehead atoms. The first kappa shape index (κ1) is 17.6. The van der Waals surface area contributed by atoms with E-state index in [1.54, 1.807) is 6.07 Å². The molecular weight excluding hydrogens is 369 g/mol. The second kappa shape index (κ2) is 6.97. The highest BCUT2D eigenvalue weighted by atomic mass is 35.5. The number of sulfone groups is 1. The van der Waals surface area contributed by atoms with E-state index in [9.17, 15) is 17.6 Å². The van der Waals surface area contributed by atoms with Gasteiger partial charge in [-0.3, -0.25) is 9.78 Å². The molecule has 25 heavy (non-hydrogen) atoms. The van der Waals surface area contributed by atoms with Crippen LogP contribution in [0.4, 0.5) is 15.8 Å². The van der Waals surface area contributed by atoms with Crippen LogP contribution in [0.1, 0.15) is 16.9 Å². The third-order valence-electron chi connectivity index (χ3n) is 3.77. The predicted molar refractivity (Wildman–Crippen MR) is 93.5 cm³/mol. The van der Waals surface area contributed by atoms with Crippen LogP contribution in [0.15, 0.2) is 36.5 Å². The normalized spacial score (nSPS) is 18.7. The number of hydrogen-bond donors (Lipinski definition) is 2. The van der Waals surface area contributed by atoms with Crippen molar-refractivity contribution in [3.63, 3.8) is 0 Å². The number of halogens is 2. The minimum Gasteiger partial charge on any atom is -0.355 e. The summed E-state index contributed by atoms with van der Waals surface area (Å²) in [5.74, 6) is -0.931. The van der Waals surface area contributed by atoms with Crippen molar-refractivity contribution in [1.82, 2.24) is 10.3 Å². The van der Waals surface area contributed by atoms with Gasteiger partial charge in [0.2, 0.25) is 0 Å². The predicted octanol–water partition coefficient (Wildman–Crippen LogP) is 2.53. The molecule has 0 radical (unpaired) electrons. The van der Waals surface area contributed by atoms with Crippen molar-refractivity contribution < 1.29 is 17.6 Å². The molecule has 132 valence electrons. The fourth-order valence-electron chi connectivity index (χ4n) is 2.54. The van der Waals surface area contributed by atoms with Gasteiger partial charge < -0.3 is 10.6 Å². The Morgan fingerprint density at radius 3 is 2.68 bits per heavy atom. The minimum absolute atomic E-state index is 0.0144. The number of benzene rings is 1. The number of carbonyl (C=O) groups excluding carboxylic acids is 1. The summed E-state index contributed by atoms with van der Waals surface area (Å²) in [6, 6.07) is 6.96. The molecule has 1 unspecified atom stereocenters. The largest absolute Gasteiger partial charge is 0.355 e. The number of pyridine rings is 1. The van der Waals surface area contributed by atoms with Crippen molar-refractivity contribution in [2.24, 2.45) is 0 Å². The van der Waals surface area contributed by atoms with Crippen LogP contribution in [0.3, 0.4) is 0 Å². The third-order valence-corrected chi connectivity index (χ3v) is 5.83. The van der Waals surface area contributed by atoms with Gasteiger partial charge in [-0.2, -0.15) is 0 Å². The first-order valence-corrected chi connectivity index (χ1v) is 9.72. The molecular formula is C16H15ClFN3O3S. The zero-order valence-corrected chi connectivity index (χ0v) is 14.6. The Bertz CT molecular complexity index is 921. The average Bonchev–Trinajstić information content (AvgIpc) is 2.90. The molecule has 6 nitrogen and oxygen atoms in total. The molecule has 2 heterocycles. The van der Waals surface area contributed by atoms with Gasteiger partial charge in [-0.05, 0) is 36.8 Å². The van der Waals surface area contributed by atoms with E-state index >= 15 is 0 Å². The zero-order valence-electron chi connectivity index (χ0n) is 13.0. The molecule has 0 saturated carbocycles. The summed E-state index contributed by atoms with van der Waals surface area (Å²) in [5.41, 5.74) is 1.29. The van der Waals surface area contributed by atoms with Crippen LogP contribution in [0.25, 0.3) is 0 Å². The molecule has 1 aliphatic rings. The van der Waals surface area contributed by atoms with Crippen molar-refractivity contribution in [3.8, 4) is 0 Å². The maximum absolute atomic E-state index is 13.2. The van der Waals surface area contributed by atoms with E-state index in [0.717, 1.165) is 0 Å². The maximum Gasteiger partial charge on any atom is 0.270 e. The number of hydrogen-bond acceptors (Lipinski definition) is 5. The van der Waals surface area contributed by atoms with Crippen molar-refractivity contribution in [3.05, 3.63) is 53.1 Å². The minimum atomic E-state index is -3.07. The Morgan fingerprint density at radius 2 is 2.00 bits per heavy atom. The first-order valence-electron chi connectivity index (χ1n) is 7.52. The molecule has 1 aromatic heterocycles. The Morgan fingerprint density at radius 1 is 1.24 bits per heavy atom. The topological polar surface area (TPSA) is 88.2 Å². The van der Waals surface area contributed by atoms with Crippen LogP contribution in [0.2, 0.25) is 5.02 Å². The van der Waals surface area contributed by atoms with E-state index in [0.29, 0.717) is 17.8 Å². The molecule has 2 N–H and O–H groups in total. The highest BCUT2D eigenvalue weighted by molar-refractivity contribution is 7.91. The summed E-state index contributed by atoms with van der Waals surface area (Å²) in [7, 11) is -3.07. The Labute approximate surface area is 149 Å². The summed E-state index contributed by atoms with van der Waals surface area (Å²) in [6.45, 7) is 0. The lowest BCUT2D eigenvalue weighted by Gasteiger charge is -2.12. The number of rotatable bonds is 4. The molecule has 0 spiro atoms. The summed E-state index contributed by atoms with van der Waals surface area (Å²) >= 11 is 5.74. The van der Waals surface area contributed by atoms with E-state index < -0.39 is 27.6 Å². The third kappa shape index (κ3) is 4.46. The molecule has 3 rings (SSSR count). The Kier molecular flexibility index (Phi) is 4.91. The lowest BCUT2D eigenvalue weighted by Crippen LogP contribution is -2.36. The number of aromatic nitrogens is 1. The number of amides is 1. The molecule has 1 fully saturated rings. The van der Waals surface area contributed by atoms with Crippen LogP contribution < -0.4 is 10.6 Å². The second-order valence-corrected chi connectivity index (χ2v) is 8.39. The monoisotopic (exact) mass is 383 g/mol. The summed E-state index contributed by atoms with van der Waals surface area (Å²) in [5, 5.41) is 5.67. The van der Waals surface area contributed by atoms with Crippen molar-refractivity contribution >= 4 is 38.7 Å². The van der Waals surface area contributed by atoms with Crippen LogP contribution in [0.5, 0.6) is 0 Å². The van der Waals surface area contributed by atoms with Gasteiger partial charge >= 0.3 is 0 Å². The molecule has 1 saturated heterocycles. The Hall–Kier alpha value is -2.19. The second-order valence-electron chi connectivity index (χ2n) is 5.76. The number of nitrogens with one attached hydrogen (secondary N) is 2. The van der Waals surface area contributed by atoms with Gasteiger partial charge in [0.1, 0.15) is 11.5 Å². The van der Waals surface area contributed by atoms with Crippen molar-refractivity contribution in [1.29, 1.82) is 0 Å². The van der Waals surface area contributed by atoms with Crippen molar-refractivity contribution in [2.75, 3.05) is 16.8 Å². The van der Waals surface area contributed by atoms with Gasteiger partial charge in [-0.25, -0.2) is 12.8 Å². The van der Waals surface area contributed by atoms with Crippen LogP contribution in [-0.2, 0) is 9.84 Å². The van der Waals surface area contributed by atoms with E-state index in [2.05, 4.69) is 15.6 Å². The first-order chi connectivity index (χ1) is 11.8. The Balaban J connectivity index is 1.70. The fraction of sp³-hybridized carbons (Fsp3) is 0.250. The van der Waals surface area contributed by atoms with Crippen LogP contribution in [-0.4, -0.2) is 36.9 Å². The SMILES string of the molecule is O=C(NC1CCS(=O)(=O)C1)c1cc(Nc2ccc(F)c(Cl)c2)ccn1. The number of nitrogens with zero attached hydrogens (tertiary/aromatic N) is 1. The van der Waals surface area contributed by atoms with Crippen molar-refractivity contribution in [2.45, 2.75) is 12.5 Å². The number of anilines is 2. The molecule has 0 aliphatic carbocycles. The number of carbonyl (C=O) groups is 1. The average molecular weight is 384 g/mol. The summed E-state index contributed by atoms with van der Waals surface area (Å²) in [4.78, 5) is 16.3. The zero-order chi connectivity index (χ0) is 18.0. The molecule has 1 aromatic carbocycles. The van der Waals surface area contributed by atoms with E-state index in [1.165, 1.54) is 30.5 Å². The van der Waals surface area contributed by atoms with Gasteiger partial charge in [-0.1, -0.05) is 11.6 Å². The molecule has 9 heteroatoms. The lowest BCUT2D eigenvalue weighted by atomic mass is 10.2. The lowest BCUT2D eigenvalue weighted by molar-refractivity contribution is 0.0936. The van der Waals surface area contributed by atoms with Gasteiger partial charge in [0.15, 0.2) is 9.84 Å². The van der Waals surface area contributed by atoms with Crippen LogP contribution in [0, 0.1) is 5.82 Å². The van der Waals surface area contributed by atoms with Gasteiger partial charge in [0, 0.05) is 23.6 Å². The van der Waals surface area contributed by atoms with E-state index in [1.807, 2.05) is 0 Å².